The van der Waals surface area contributed by atoms with E-state index in [-0.39, 0.29) is 0 Å². The highest BCUT2D eigenvalue weighted by Crippen LogP contribution is 2.31. The maximum atomic E-state index is 3.79. The van der Waals surface area contributed by atoms with Gasteiger partial charge in [-0.05, 0) is 17.2 Å². The van der Waals surface area contributed by atoms with Crippen molar-refractivity contribution < 1.29 is 0 Å². The van der Waals surface area contributed by atoms with Crippen LogP contribution in [0, 0.1) is 0 Å². The van der Waals surface area contributed by atoms with Crippen molar-refractivity contribution in [1.82, 2.24) is 4.90 Å². The summed E-state index contributed by atoms with van der Waals surface area (Å²) in [4.78, 5) is 2.30. The molecule has 78 valence electrons. The van der Waals surface area contributed by atoms with Gasteiger partial charge in [-0.15, -0.1) is 6.58 Å². The van der Waals surface area contributed by atoms with Gasteiger partial charge in [-0.1, -0.05) is 46.3 Å². The van der Waals surface area contributed by atoms with Crippen molar-refractivity contribution in [1.29, 1.82) is 0 Å². The Kier molecular flexibility index (Phi) is 3.27. The molecule has 2 rings (SSSR count). The smallest absolute Gasteiger partial charge is 0.0643 e. The van der Waals surface area contributed by atoms with Gasteiger partial charge in [0.15, 0.2) is 0 Å². The van der Waals surface area contributed by atoms with Crippen molar-refractivity contribution in [3.63, 3.8) is 0 Å². The second-order valence-electron chi connectivity index (χ2n) is 3.60. The van der Waals surface area contributed by atoms with Gasteiger partial charge in [0.05, 0.1) is 6.04 Å². The molecule has 1 aliphatic rings. The summed E-state index contributed by atoms with van der Waals surface area (Å²) >= 11 is 3.58. The molecule has 1 atom stereocenters. The number of benzene rings is 1. The maximum Gasteiger partial charge on any atom is 0.0643 e. The molecule has 1 aliphatic heterocycles. The van der Waals surface area contributed by atoms with Gasteiger partial charge >= 0.3 is 0 Å². The van der Waals surface area contributed by atoms with Crippen LogP contribution in [0.2, 0.25) is 0 Å². The van der Waals surface area contributed by atoms with Crippen LogP contribution in [-0.2, 0) is 0 Å². The summed E-state index contributed by atoms with van der Waals surface area (Å²) in [5, 5.41) is 0.947. The molecular weight excluding hydrogens is 250 g/mol. The second kappa shape index (κ2) is 4.67. The first-order valence-electron chi connectivity index (χ1n) is 5.06. The summed E-state index contributed by atoms with van der Waals surface area (Å²) in [6.45, 7) is 4.68. The largest absolute Gasteiger partial charge is 0.366 e. The Bertz CT molecular complexity index is 384. The maximum absolute atomic E-state index is 3.79. The molecule has 0 aliphatic carbocycles. The minimum Gasteiger partial charge on any atom is -0.366 e. The summed E-state index contributed by atoms with van der Waals surface area (Å²) in [5.41, 5.74) is 2.71. The highest BCUT2D eigenvalue weighted by atomic mass is 79.9. The van der Waals surface area contributed by atoms with E-state index in [0.717, 1.165) is 11.9 Å². The lowest BCUT2D eigenvalue weighted by Crippen LogP contribution is -2.27. The van der Waals surface area contributed by atoms with Crippen LogP contribution in [0.5, 0.6) is 0 Å². The third-order valence-electron chi connectivity index (χ3n) is 2.69. The van der Waals surface area contributed by atoms with Crippen molar-refractivity contribution >= 4 is 22.0 Å². The Morgan fingerprint density at radius 1 is 1.40 bits per heavy atom. The zero-order chi connectivity index (χ0) is 10.7. The molecule has 1 nitrogen and oxygen atoms in total. The first kappa shape index (κ1) is 10.5. The average molecular weight is 264 g/mol. The zero-order valence-electron chi connectivity index (χ0n) is 8.57. The molecule has 2 heteroatoms. The first-order valence-corrected chi connectivity index (χ1v) is 6.18. The van der Waals surface area contributed by atoms with Crippen LogP contribution in [0.3, 0.4) is 0 Å². The number of halogens is 1. The average Bonchev–Trinajstić information content (AvgIpc) is 2.29. The molecule has 0 bridgehead atoms. The molecule has 1 aromatic carbocycles. The Hall–Kier alpha value is -1.02. The highest BCUT2D eigenvalue weighted by molar-refractivity contribution is 9.09. The Labute approximate surface area is 99.2 Å². The zero-order valence-corrected chi connectivity index (χ0v) is 10.2. The number of rotatable bonds is 3. The van der Waals surface area contributed by atoms with Gasteiger partial charge in [0.2, 0.25) is 0 Å². The van der Waals surface area contributed by atoms with E-state index in [1.807, 2.05) is 6.08 Å². The molecule has 1 heterocycles. The van der Waals surface area contributed by atoms with E-state index < -0.39 is 0 Å². The Morgan fingerprint density at radius 2 is 2.20 bits per heavy atom. The van der Waals surface area contributed by atoms with E-state index in [1.165, 1.54) is 11.1 Å². The lowest BCUT2D eigenvalue weighted by atomic mass is 9.97. The molecule has 0 amide bonds. The summed E-state index contributed by atoms with van der Waals surface area (Å²) in [7, 11) is 0. The van der Waals surface area contributed by atoms with Crippen LogP contribution in [-0.4, -0.2) is 16.8 Å². The predicted molar refractivity (Wildman–Crippen MR) is 68.9 cm³/mol. The number of hydrogen-bond donors (Lipinski definition) is 0. The SMILES string of the molecule is C=CCN1C=Cc2ccccc2C1CBr. The molecule has 1 aromatic rings. The van der Waals surface area contributed by atoms with Crippen LogP contribution < -0.4 is 0 Å². The molecule has 0 radical (unpaired) electrons. The highest BCUT2D eigenvalue weighted by Gasteiger charge is 2.20. The van der Waals surface area contributed by atoms with E-state index in [9.17, 15) is 0 Å². The fourth-order valence-corrected chi connectivity index (χ4v) is 2.65. The summed E-state index contributed by atoms with van der Waals surface area (Å²) in [5.74, 6) is 0. The van der Waals surface area contributed by atoms with Crippen LogP contribution in [0.1, 0.15) is 17.2 Å². The summed E-state index contributed by atoms with van der Waals surface area (Å²) in [6.07, 6.45) is 6.25. The van der Waals surface area contributed by atoms with Gasteiger partial charge in [-0.25, -0.2) is 0 Å². The number of nitrogens with zero attached hydrogens (tertiary/aromatic N) is 1. The van der Waals surface area contributed by atoms with Crippen molar-refractivity contribution in [3.8, 4) is 0 Å². The van der Waals surface area contributed by atoms with Crippen LogP contribution >= 0.6 is 15.9 Å². The van der Waals surface area contributed by atoms with Gasteiger partial charge in [0.25, 0.3) is 0 Å². The topological polar surface area (TPSA) is 3.24 Å². The Morgan fingerprint density at radius 3 is 2.93 bits per heavy atom. The van der Waals surface area contributed by atoms with Crippen LogP contribution in [0.15, 0.2) is 43.1 Å². The lowest BCUT2D eigenvalue weighted by Gasteiger charge is -2.33. The van der Waals surface area contributed by atoms with Gasteiger partial charge in [0, 0.05) is 18.1 Å². The number of hydrogen-bond acceptors (Lipinski definition) is 1. The van der Waals surface area contributed by atoms with E-state index in [4.69, 9.17) is 0 Å². The third kappa shape index (κ3) is 2.00. The number of fused-ring (bicyclic) bond motifs is 1. The van der Waals surface area contributed by atoms with E-state index in [2.05, 4.69) is 64.0 Å². The quantitative estimate of drug-likeness (QED) is 0.595. The van der Waals surface area contributed by atoms with Crippen molar-refractivity contribution in [3.05, 3.63) is 54.2 Å². The molecule has 0 saturated carbocycles. The lowest BCUT2D eigenvalue weighted by molar-refractivity contribution is 0.332. The normalized spacial score (nSPS) is 18.7. The summed E-state index contributed by atoms with van der Waals surface area (Å²) < 4.78 is 0. The Balaban J connectivity index is 2.36. The summed E-state index contributed by atoms with van der Waals surface area (Å²) in [6, 6.07) is 8.95. The van der Waals surface area contributed by atoms with Gasteiger partial charge in [0.1, 0.15) is 0 Å². The standard InChI is InChI=1S/C13H14BrN/c1-2-8-15-9-7-11-5-3-4-6-12(11)13(15)10-14/h2-7,9,13H,1,8,10H2. The van der Waals surface area contributed by atoms with Gasteiger partial charge in [-0.3, -0.25) is 0 Å². The third-order valence-corrected chi connectivity index (χ3v) is 3.30. The van der Waals surface area contributed by atoms with Crippen molar-refractivity contribution in [2.24, 2.45) is 0 Å². The minimum absolute atomic E-state index is 0.421. The molecule has 0 spiro atoms. The molecule has 0 fully saturated rings. The molecule has 0 aromatic heterocycles. The minimum atomic E-state index is 0.421. The van der Waals surface area contributed by atoms with Crippen molar-refractivity contribution in [2.75, 3.05) is 11.9 Å². The molecule has 15 heavy (non-hydrogen) atoms. The number of alkyl halides is 1. The van der Waals surface area contributed by atoms with Gasteiger partial charge < -0.3 is 4.90 Å². The molecule has 0 saturated heterocycles. The first-order chi connectivity index (χ1) is 7.36. The second-order valence-corrected chi connectivity index (χ2v) is 4.25. The molecule has 1 unspecified atom stereocenters. The molecular formula is C13H14BrN. The van der Waals surface area contributed by atoms with Crippen LogP contribution in [0.25, 0.3) is 6.08 Å². The predicted octanol–water partition coefficient (Wildman–Crippen LogP) is 3.59. The fourth-order valence-electron chi connectivity index (χ4n) is 1.93. The van der Waals surface area contributed by atoms with Gasteiger partial charge in [-0.2, -0.15) is 0 Å². The van der Waals surface area contributed by atoms with E-state index in [0.29, 0.717) is 6.04 Å². The fraction of sp³-hybridized carbons (Fsp3) is 0.231. The van der Waals surface area contributed by atoms with E-state index >= 15 is 0 Å². The molecule has 0 N–H and O–H groups in total. The monoisotopic (exact) mass is 263 g/mol. The van der Waals surface area contributed by atoms with E-state index in [1.54, 1.807) is 0 Å². The van der Waals surface area contributed by atoms with Crippen molar-refractivity contribution in [2.45, 2.75) is 6.04 Å². The van der Waals surface area contributed by atoms with Crippen LogP contribution in [0.4, 0.5) is 0 Å².